The van der Waals surface area contributed by atoms with Gasteiger partial charge in [0.15, 0.2) is 5.84 Å². The molecule has 0 aliphatic carbocycles. The summed E-state index contributed by atoms with van der Waals surface area (Å²) in [5, 5.41) is 32.1. The van der Waals surface area contributed by atoms with Gasteiger partial charge < -0.3 is 15.7 Å². The summed E-state index contributed by atoms with van der Waals surface area (Å²) in [6, 6.07) is 46.3. The second kappa shape index (κ2) is 15.0. The van der Waals surface area contributed by atoms with Gasteiger partial charge in [0.25, 0.3) is 0 Å². The van der Waals surface area contributed by atoms with Gasteiger partial charge in [-0.3, -0.25) is 5.21 Å². The average molecular weight is 558 g/mol. The molecule has 0 aromatic heterocycles. The van der Waals surface area contributed by atoms with Gasteiger partial charge in [0.2, 0.25) is 0 Å². The number of hydrogen-bond acceptors (Lipinski definition) is 3. The van der Waals surface area contributed by atoms with Crippen molar-refractivity contribution < 1.29 is 26.9 Å². The Morgan fingerprint density at radius 3 is 1.31 bits per heavy atom. The molecule has 5 aromatic carbocycles. The van der Waals surface area contributed by atoms with Crippen LogP contribution in [0.1, 0.15) is 11.1 Å². The van der Waals surface area contributed by atoms with Gasteiger partial charge in [-0.25, -0.2) is 10.1 Å². The Morgan fingerprint density at radius 1 is 0.487 bits per heavy atom. The van der Waals surface area contributed by atoms with E-state index < -0.39 is 0 Å². The first-order valence-corrected chi connectivity index (χ1v) is 12.0. The Balaban J connectivity index is 0.000000220. The molecule has 198 valence electrons. The van der Waals surface area contributed by atoms with Crippen molar-refractivity contribution in [3.05, 3.63) is 168 Å². The molecule has 0 unspecified atom stereocenters. The van der Waals surface area contributed by atoms with Gasteiger partial charge in [-0.05, 0) is 41.4 Å². The zero-order valence-corrected chi connectivity index (χ0v) is 21.9. The van der Waals surface area contributed by atoms with Gasteiger partial charge in [0.1, 0.15) is 0 Å². The van der Waals surface area contributed by atoms with Crippen molar-refractivity contribution in [3.63, 3.8) is 0 Å². The van der Waals surface area contributed by atoms with Crippen LogP contribution in [0.4, 0.5) is 17.1 Å². The molecule has 0 amide bonds. The third kappa shape index (κ3) is 8.22. The van der Waals surface area contributed by atoms with E-state index in [2.05, 4.69) is 4.99 Å². The molecule has 0 fully saturated rings. The van der Waals surface area contributed by atoms with Crippen LogP contribution in [0.15, 0.2) is 157 Å². The van der Waals surface area contributed by atoms with Crippen LogP contribution in [0.5, 0.6) is 0 Å². The zero-order chi connectivity index (χ0) is 26.6. The van der Waals surface area contributed by atoms with Crippen LogP contribution in [0.3, 0.4) is 0 Å². The molecule has 6 nitrogen and oxygen atoms in total. The number of amidine groups is 2. The summed E-state index contributed by atoms with van der Waals surface area (Å²) in [4.78, 5) is 4.60. The summed E-state index contributed by atoms with van der Waals surface area (Å²) in [5.41, 5.74) is 3.38. The molecule has 0 radical (unpaired) electrons. The molecule has 2 N–H and O–H groups in total. The number of benzene rings is 5. The number of aliphatic imine (C=N–C) groups is 1. The van der Waals surface area contributed by atoms with E-state index in [4.69, 9.17) is 0 Å². The second-order valence-electron chi connectivity index (χ2n) is 8.12. The van der Waals surface area contributed by atoms with Crippen LogP contribution in [-0.2, 0) is 16.5 Å². The summed E-state index contributed by atoms with van der Waals surface area (Å²) >= 11 is 0. The zero-order valence-electron chi connectivity index (χ0n) is 20.9. The molecule has 5 aromatic rings. The van der Waals surface area contributed by atoms with Gasteiger partial charge in [-0.15, -0.1) is 0 Å². The van der Waals surface area contributed by atoms with Crippen molar-refractivity contribution in [2.75, 3.05) is 10.1 Å². The van der Waals surface area contributed by atoms with Gasteiger partial charge in [0, 0.05) is 22.1 Å². The first-order valence-electron chi connectivity index (χ1n) is 12.0. The fourth-order valence-electron chi connectivity index (χ4n) is 3.54. The van der Waals surface area contributed by atoms with Crippen molar-refractivity contribution in [2.45, 2.75) is 0 Å². The molecule has 5 rings (SSSR count). The van der Waals surface area contributed by atoms with Crippen molar-refractivity contribution in [1.29, 1.82) is 0 Å². The number of hydrogen-bond donors (Lipinski definition) is 2. The van der Waals surface area contributed by atoms with E-state index in [1.807, 2.05) is 103 Å². The Kier molecular flexibility index (Phi) is 11.2. The Morgan fingerprint density at radius 2 is 0.846 bits per heavy atom. The number of para-hydroxylation sites is 3. The van der Waals surface area contributed by atoms with E-state index in [-0.39, 0.29) is 22.3 Å². The Bertz CT molecular complexity index is 1440. The van der Waals surface area contributed by atoms with Crippen molar-refractivity contribution >= 4 is 28.7 Å². The van der Waals surface area contributed by atoms with Crippen LogP contribution in [0.25, 0.3) is 5.41 Å². The molecule has 0 heterocycles. The van der Waals surface area contributed by atoms with Crippen LogP contribution in [0.2, 0.25) is 0 Å². The molecule has 0 atom stereocenters. The summed E-state index contributed by atoms with van der Waals surface area (Å²) in [5.74, 6) is 0.296. The van der Waals surface area contributed by atoms with Gasteiger partial charge >= 0.3 is 0 Å². The predicted molar refractivity (Wildman–Crippen MR) is 154 cm³/mol. The van der Waals surface area contributed by atoms with Crippen LogP contribution < -0.4 is 10.1 Å². The summed E-state index contributed by atoms with van der Waals surface area (Å²) in [6.07, 6.45) is 0. The minimum Gasteiger partial charge on any atom is -0.463 e. The molecule has 39 heavy (non-hydrogen) atoms. The van der Waals surface area contributed by atoms with Crippen LogP contribution in [0, 0.1) is 0 Å². The maximum absolute atomic E-state index is 10.6. The van der Waals surface area contributed by atoms with E-state index >= 15 is 0 Å². The molecule has 0 bridgehead atoms. The quantitative estimate of drug-likeness (QED) is 0.101. The minimum absolute atomic E-state index is 0. The van der Waals surface area contributed by atoms with Gasteiger partial charge in [-0.1, -0.05) is 127 Å². The molecular formula is C32H27N4NiO2-. The third-order valence-electron chi connectivity index (χ3n) is 5.46. The van der Waals surface area contributed by atoms with Gasteiger partial charge in [-0.2, -0.15) is 0 Å². The van der Waals surface area contributed by atoms with E-state index in [1.165, 1.54) is 0 Å². The first kappa shape index (κ1) is 29.0. The Labute approximate surface area is 238 Å². The maximum atomic E-state index is 10.6. The first-order chi connectivity index (χ1) is 18.6. The monoisotopic (exact) mass is 557 g/mol. The number of anilines is 2. The van der Waals surface area contributed by atoms with E-state index in [0.717, 1.165) is 21.4 Å². The van der Waals surface area contributed by atoms with Crippen molar-refractivity contribution in [1.82, 2.24) is 0 Å². The summed E-state index contributed by atoms with van der Waals surface area (Å²) in [6.45, 7) is 0. The average Bonchev–Trinajstić information content (AvgIpc) is 3.01. The van der Waals surface area contributed by atoms with Crippen molar-refractivity contribution in [3.8, 4) is 0 Å². The van der Waals surface area contributed by atoms with E-state index in [0.29, 0.717) is 22.8 Å². The second-order valence-corrected chi connectivity index (χ2v) is 8.12. The standard InChI is InChI=1S/C19H16N2O.C13H11N2O.Ni/c22-21(18-14-8-3-9-15-18)19(16-10-4-1-5-11-16)20-17-12-6-2-7-13-17;14-13(11-7-3-1-4-8-11)15(16)12-9-5-2-6-10-12;/h1-15,22H;1-10,16H;/q;-1;. The summed E-state index contributed by atoms with van der Waals surface area (Å²) in [7, 11) is 0. The molecule has 0 saturated heterocycles. The molecule has 0 aliphatic heterocycles. The smallest absolute Gasteiger partial charge is 0.165 e. The molecule has 0 aliphatic rings. The number of hydroxylamine groups is 2. The predicted octanol–water partition coefficient (Wildman–Crippen LogP) is 7.56. The SMILES string of the molecule is ON(C(=Nc1ccccc1)c1ccccc1)c1ccccc1.[N-]=C(c1ccccc1)N(O)c1ccccc1.[Ni]. The minimum atomic E-state index is -0.188. The molecule has 0 saturated carbocycles. The number of nitrogens with zero attached hydrogens (tertiary/aromatic N) is 4. The topological polar surface area (TPSA) is 81.6 Å². The maximum Gasteiger partial charge on any atom is 0.165 e. The summed E-state index contributed by atoms with van der Waals surface area (Å²) < 4.78 is 0. The fourth-order valence-corrected chi connectivity index (χ4v) is 3.54. The molecule has 7 heteroatoms. The van der Waals surface area contributed by atoms with Crippen LogP contribution in [-0.4, -0.2) is 22.1 Å². The third-order valence-corrected chi connectivity index (χ3v) is 5.46. The fraction of sp³-hybridized carbons (Fsp3) is 0. The van der Waals surface area contributed by atoms with Gasteiger partial charge in [0.05, 0.1) is 11.4 Å². The van der Waals surface area contributed by atoms with Crippen LogP contribution >= 0.6 is 0 Å². The largest absolute Gasteiger partial charge is 0.463 e. The molecule has 0 spiro atoms. The van der Waals surface area contributed by atoms with E-state index in [9.17, 15) is 15.8 Å². The van der Waals surface area contributed by atoms with E-state index in [1.54, 1.807) is 48.5 Å². The normalized spacial score (nSPS) is 10.4. The number of rotatable bonds is 5. The molecular weight excluding hydrogens is 531 g/mol. The Hall–Kier alpha value is -4.55. The van der Waals surface area contributed by atoms with Crippen molar-refractivity contribution in [2.24, 2.45) is 4.99 Å².